The van der Waals surface area contributed by atoms with Crippen molar-refractivity contribution in [1.29, 1.82) is 0 Å². The van der Waals surface area contributed by atoms with Gasteiger partial charge in [-0.25, -0.2) is 4.79 Å². The van der Waals surface area contributed by atoms with Crippen molar-refractivity contribution in [2.45, 2.75) is 65.8 Å². The van der Waals surface area contributed by atoms with Crippen LogP contribution < -0.4 is 16.0 Å². The number of rotatable bonds is 14. The number of hydrogen-bond donors (Lipinski definition) is 4. The van der Waals surface area contributed by atoms with Crippen LogP contribution in [0.5, 0.6) is 0 Å². The Morgan fingerprint density at radius 1 is 1.02 bits per heavy atom. The minimum Gasteiger partial charge on any atom is -0.481 e. The van der Waals surface area contributed by atoms with Gasteiger partial charge in [0.15, 0.2) is 0 Å². The number of benzene rings is 2. The molecular formula is C31H42N4O5. The maximum absolute atomic E-state index is 12.7. The molecule has 0 saturated heterocycles. The van der Waals surface area contributed by atoms with Gasteiger partial charge in [-0.3, -0.25) is 9.59 Å². The number of anilines is 2. The highest BCUT2D eigenvalue weighted by molar-refractivity contribution is 5.95. The molecule has 9 nitrogen and oxygen atoms in total. The van der Waals surface area contributed by atoms with Crippen LogP contribution in [-0.2, 0) is 4.79 Å². The zero-order valence-corrected chi connectivity index (χ0v) is 24.2. The lowest BCUT2D eigenvalue weighted by atomic mass is 9.91. The fourth-order valence-electron chi connectivity index (χ4n) is 4.77. The number of urea groups is 1. The topological polar surface area (TPSA) is 124 Å². The fraction of sp³-hybridized carbons (Fsp3) is 0.452. The summed E-state index contributed by atoms with van der Waals surface area (Å²) in [7, 11) is 1.60. The second-order valence-electron chi connectivity index (χ2n) is 10.3. The van der Waals surface area contributed by atoms with Crippen molar-refractivity contribution in [2.75, 3.05) is 30.8 Å². The second-order valence-corrected chi connectivity index (χ2v) is 10.3. The summed E-state index contributed by atoms with van der Waals surface area (Å²) in [4.78, 5) is 37.0. The van der Waals surface area contributed by atoms with E-state index in [0.717, 1.165) is 53.7 Å². The van der Waals surface area contributed by atoms with Gasteiger partial charge < -0.3 is 30.4 Å². The van der Waals surface area contributed by atoms with Crippen molar-refractivity contribution in [2.24, 2.45) is 5.92 Å². The molecule has 3 amide bonds. The third kappa shape index (κ3) is 8.00. The molecule has 2 unspecified atom stereocenters. The third-order valence-corrected chi connectivity index (χ3v) is 7.14. The Balaban J connectivity index is 1.86. The lowest BCUT2D eigenvalue weighted by Crippen LogP contribution is -2.29. The van der Waals surface area contributed by atoms with E-state index in [2.05, 4.69) is 29.8 Å². The molecule has 0 saturated carbocycles. The molecule has 40 heavy (non-hydrogen) atoms. The largest absolute Gasteiger partial charge is 0.481 e. The molecule has 216 valence electrons. The first-order chi connectivity index (χ1) is 19.1. The smallest absolute Gasteiger partial charge is 0.319 e. The Morgan fingerprint density at radius 3 is 2.38 bits per heavy atom. The predicted octanol–water partition coefficient (Wildman–Crippen LogP) is 6.80. The lowest BCUT2D eigenvalue weighted by molar-refractivity contribution is -0.137. The van der Waals surface area contributed by atoms with Gasteiger partial charge in [0.05, 0.1) is 12.5 Å². The summed E-state index contributed by atoms with van der Waals surface area (Å²) in [6.45, 7) is 9.02. The van der Waals surface area contributed by atoms with E-state index >= 15 is 0 Å². The predicted molar refractivity (Wildman–Crippen MR) is 159 cm³/mol. The van der Waals surface area contributed by atoms with Crippen LogP contribution in [0.3, 0.4) is 0 Å². The number of carbonyl (C=O) groups is 3. The van der Waals surface area contributed by atoms with Crippen LogP contribution in [-0.4, -0.2) is 48.1 Å². The molecule has 4 N–H and O–H groups in total. The fourth-order valence-corrected chi connectivity index (χ4v) is 4.77. The summed E-state index contributed by atoms with van der Waals surface area (Å²) in [5.74, 6) is -0.0407. The van der Waals surface area contributed by atoms with Crippen molar-refractivity contribution in [3.8, 4) is 0 Å². The molecule has 0 aliphatic rings. The number of nitrogens with zero attached hydrogens (tertiary/aromatic N) is 1. The van der Waals surface area contributed by atoms with Crippen LogP contribution in [0.15, 0.2) is 46.9 Å². The molecule has 0 radical (unpaired) electrons. The molecule has 0 fully saturated rings. The van der Waals surface area contributed by atoms with E-state index < -0.39 is 5.97 Å². The summed E-state index contributed by atoms with van der Waals surface area (Å²) in [5.41, 5.74) is 3.82. The van der Waals surface area contributed by atoms with Crippen molar-refractivity contribution in [1.82, 2.24) is 10.2 Å². The van der Waals surface area contributed by atoms with Gasteiger partial charge in [-0.1, -0.05) is 33.1 Å². The molecular weight excluding hydrogens is 508 g/mol. The summed E-state index contributed by atoms with van der Waals surface area (Å²) in [6, 6.07) is 12.6. The number of aryl methyl sites for hydroxylation is 1. The summed E-state index contributed by atoms with van der Waals surface area (Å²) < 4.78 is 6.41. The normalized spacial score (nSPS) is 12.5. The first-order valence-corrected chi connectivity index (χ1v) is 14.1. The highest BCUT2D eigenvalue weighted by atomic mass is 16.4. The molecule has 3 aromatic rings. The first kappa shape index (κ1) is 30.5. The van der Waals surface area contributed by atoms with Crippen molar-refractivity contribution in [3.05, 3.63) is 59.4 Å². The zero-order chi connectivity index (χ0) is 29.2. The maximum atomic E-state index is 12.7. The van der Waals surface area contributed by atoms with Crippen LogP contribution in [0, 0.1) is 12.8 Å². The number of amides is 3. The van der Waals surface area contributed by atoms with Gasteiger partial charge in [-0.2, -0.15) is 0 Å². The quantitative estimate of drug-likeness (QED) is 0.164. The van der Waals surface area contributed by atoms with Crippen LogP contribution in [0.2, 0.25) is 0 Å². The van der Waals surface area contributed by atoms with Crippen molar-refractivity contribution < 1.29 is 23.9 Å². The van der Waals surface area contributed by atoms with Crippen LogP contribution in [0.25, 0.3) is 11.0 Å². The Morgan fingerprint density at radius 2 is 1.73 bits per heavy atom. The molecule has 0 bridgehead atoms. The Labute approximate surface area is 236 Å². The number of nitrogens with one attached hydrogen (secondary N) is 3. The zero-order valence-electron chi connectivity index (χ0n) is 24.2. The average Bonchev–Trinajstić information content (AvgIpc) is 3.25. The SMILES string of the molecule is CCCCCC(C)C(Nc1ccc(C(=O)N(C)CCC(=O)O)cc1)c1oc2ccc(NC(=O)NCC)cc2c1C. The highest BCUT2D eigenvalue weighted by Crippen LogP contribution is 2.37. The maximum Gasteiger partial charge on any atom is 0.319 e. The summed E-state index contributed by atoms with van der Waals surface area (Å²) in [6.07, 6.45) is 4.35. The van der Waals surface area contributed by atoms with E-state index in [-0.39, 0.29) is 36.9 Å². The minimum atomic E-state index is -0.936. The van der Waals surface area contributed by atoms with E-state index in [1.54, 1.807) is 19.2 Å². The van der Waals surface area contributed by atoms with Crippen molar-refractivity contribution in [3.63, 3.8) is 0 Å². The van der Waals surface area contributed by atoms with Crippen LogP contribution in [0.4, 0.5) is 16.2 Å². The number of hydrogen-bond acceptors (Lipinski definition) is 5. The van der Waals surface area contributed by atoms with E-state index in [4.69, 9.17) is 9.52 Å². The molecule has 3 rings (SSSR count). The van der Waals surface area contributed by atoms with Gasteiger partial charge in [0.25, 0.3) is 5.91 Å². The van der Waals surface area contributed by atoms with Gasteiger partial charge >= 0.3 is 12.0 Å². The van der Waals surface area contributed by atoms with Crippen LogP contribution >= 0.6 is 0 Å². The molecule has 1 aromatic heterocycles. The number of aliphatic carboxylic acids is 1. The molecule has 1 heterocycles. The van der Waals surface area contributed by atoms with Gasteiger partial charge in [0.1, 0.15) is 11.3 Å². The number of carboxylic acid groups (broad SMARTS) is 1. The van der Waals surface area contributed by atoms with E-state index in [9.17, 15) is 14.4 Å². The summed E-state index contributed by atoms with van der Waals surface area (Å²) >= 11 is 0. The van der Waals surface area contributed by atoms with E-state index in [0.29, 0.717) is 17.8 Å². The van der Waals surface area contributed by atoms with Gasteiger partial charge in [0, 0.05) is 48.0 Å². The number of carbonyl (C=O) groups excluding carboxylic acids is 2. The number of unbranched alkanes of at least 4 members (excludes halogenated alkanes) is 2. The lowest BCUT2D eigenvalue weighted by Gasteiger charge is -2.25. The third-order valence-electron chi connectivity index (χ3n) is 7.14. The monoisotopic (exact) mass is 550 g/mol. The number of furan rings is 1. The molecule has 2 atom stereocenters. The van der Waals surface area contributed by atoms with Gasteiger partial charge in [-0.15, -0.1) is 0 Å². The number of carboxylic acids is 1. The second kappa shape index (κ2) is 14.4. The molecule has 9 heteroatoms. The Kier molecular flexibility index (Phi) is 11.0. The molecule has 0 aliphatic heterocycles. The van der Waals surface area contributed by atoms with E-state index in [1.807, 2.05) is 44.2 Å². The van der Waals surface area contributed by atoms with Crippen molar-refractivity contribution >= 4 is 40.3 Å². The van der Waals surface area contributed by atoms with Gasteiger partial charge in [0.2, 0.25) is 0 Å². The highest BCUT2D eigenvalue weighted by Gasteiger charge is 2.26. The molecule has 0 spiro atoms. The standard InChI is InChI=1S/C31H42N4O5/c1-6-8-9-10-20(3)28(33-23-13-11-22(12-14-23)30(38)35(5)18-17-27(36)37)29-21(4)25-19-24(15-16-26(25)40-29)34-31(39)32-7-2/h11-16,19-20,28,33H,6-10,17-18H2,1-5H3,(H,36,37)(H2,32,34,39). The molecule has 2 aromatic carbocycles. The number of fused-ring (bicyclic) bond motifs is 1. The first-order valence-electron chi connectivity index (χ1n) is 14.1. The van der Waals surface area contributed by atoms with Crippen LogP contribution in [0.1, 0.15) is 80.6 Å². The minimum absolute atomic E-state index is 0.0974. The molecule has 0 aliphatic carbocycles. The van der Waals surface area contributed by atoms with E-state index in [1.165, 1.54) is 4.90 Å². The summed E-state index contributed by atoms with van der Waals surface area (Å²) in [5, 5.41) is 19.1. The average molecular weight is 551 g/mol. The Hall–Kier alpha value is -4.01. The Bertz CT molecular complexity index is 1300. The van der Waals surface area contributed by atoms with Gasteiger partial charge in [-0.05, 0) is 68.7 Å².